The van der Waals surface area contributed by atoms with Gasteiger partial charge in [-0.1, -0.05) is 6.92 Å². The van der Waals surface area contributed by atoms with E-state index < -0.39 is 65.7 Å². The lowest BCUT2D eigenvalue weighted by molar-refractivity contribution is -0.0531. The molecule has 0 radical (unpaired) electrons. The van der Waals surface area contributed by atoms with Crippen molar-refractivity contribution < 1.29 is 56.3 Å². The number of hydrogen-bond donors (Lipinski definition) is 6. The van der Waals surface area contributed by atoms with Crippen LogP contribution in [0.25, 0.3) is 0 Å². The van der Waals surface area contributed by atoms with Gasteiger partial charge in [0.1, 0.15) is 6.23 Å². The SMILES string of the molecule is C[C@]1(CO)C[C@H](n2ccc(=O)[nH]c2=O)O[C@@H]1COP(=O)(O)OP(=O)(O)OP(=O)(O)O. The second-order valence-corrected chi connectivity index (χ2v) is 10.9. The summed E-state index contributed by atoms with van der Waals surface area (Å²) >= 11 is 0. The first-order valence-electron chi connectivity index (χ1n) is 7.92. The minimum absolute atomic E-state index is 0.0138. The molecule has 19 heteroatoms. The van der Waals surface area contributed by atoms with Crippen LogP contribution in [0.15, 0.2) is 21.9 Å². The molecule has 0 amide bonds. The Morgan fingerprint density at radius 1 is 1.20 bits per heavy atom. The van der Waals surface area contributed by atoms with Gasteiger partial charge in [-0.05, 0) is 0 Å². The van der Waals surface area contributed by atoms with Gasteiger partial charge in [0.2, 0.25) is 0 Å². The van der Waals surface area contributed by atoms with Crippen molar-refractivity contribution in [3.63, 3.8) is 0 Å². The topological polar surface area (TPSA) is 244 Å². The normalized spacial score (nSPS) is 28.7. The average Bonchev–Trinajstić information content (AvgIpc) is 2.87. The van der Waals surface area contributed by atoms with E-state index in [0.29, 0.717) is 0 Å². The van der Waals surface area contributed by atoms with Crippen molar-refractivity contribution in [3.05, 3.63) is 33.1 Å². The third-order valence-corrected chi connectivity index (χ3v) is 7.87. The molecule has 1 aliphatic heterocycles. The third-order valence-electron chi connectivity index (χ3n) is 4.07. The van der Waals surface area contributed by atoms with E-state index in [0.717, 1.165) is 16.8 Å². The molecule has 2 heterocycles. The number of phosphoric ester groups is 1. The first-order valence-corrected chi connectivity index (χ1v) is 12.4. The summed E-state index contributed by atoms with van der Waals surface area (Å²) < 4.78 is 52.1. The van der Waals surface area contributed by atoms with Crippen LogP contribution in [0, 0.1) is 5.41 Å². The van der Waals surface area contributed by atoms with Crippen molar-refractivity contribution in [2.45, 2.75) is 25.7 Å². The lowest BCUT2D eigenvalue weighted by Crippen LogP contribution is -2.34. The van der Waals surface area contributed by atoms with Gasteiger partial charge in [-0.15, -0.1) is 0 Å². The Labute approximate surface area is 167 Å². The largest absolute Gasteiger partial charge is 0.490 e. The van der Waals surface area contributed by atoms with Crippen molar-refractivity contribution in [3.8, 4) is 0 Å². The number of aromatic amines is 1. The fraction of sp³-hybridized carbons (Fsp3) is 0.636. The highest BCUT2D eigenvalue weighted by Gasteiger charge is 2.48. The molecule has 5 atom stereocenters. The van der Waals surface area contributed by atoms with Crippen LogP contribution < -0.4 is 11.2 Å². The molecule has 2 rings (SSSR count). The summed E-state index contributed by atoms with van der Waals surface area (Å²) in [7, 11) is -16.6. The molecule has 16 nitrogen and oxygen atoms in total. The molecule has 1 aliphatic rings. The summed E-state index contributed by atoms with van der Waals surface area (Å²) in [5, 5.41) is 9.68. The average molecular weight is 496 g/mol. The van der Waals surface area contributed by atoms with Crippen LogP contribution in [0.2, 0.25) is 0 Å². The first kappa shape index (κ1) is 25.3. The third kappa shape index (κ3) is 6.76. The number of hydrogen-bond acceptors (Lipinski definition) is 10. The van der Waals surface area contributed by atoms with Crippen molar-refractivity contribution >= 4 is 23.5 Å². The Bertz CT molecular complexity index is 1030. The maximum atomic E-state index is 11.9. The number of rotatable bonds is 9. The number of phosphoric acid groups is 3. The molecule has 0 aliphatic carbocycles. The van der Waals surface area contributed by atoms with E-state index in [1.54, 1.807) is 0 Å². The Hall–Kier alpha value is -0.990. The quantitative estimate of drug-likeness (QED) is 0.229. The predicted octanol–water partition coefficient (Wildman–Crippen LogP) is -0.834. The van der Waals surface area contributed by atoms with Crippen LogP contribution in [0.3, 0.4) is 0 Å². The highest BCUT2D eigenvalue weighted by Crippen LogP contribution is 2.66. The molecule has 30 heavy (non-hydrogen) atoms. The van der Waals surface area contributed by atoms with E-state index in [4.69, 9.17) is 19.4 Å². The smallest absolute Gasteiger partial charge is 0.396 e. The zero-order valence-electron chi connectivity index (χ0n) is 15.1. The van der Waals surface area contributed by atoms with Crippen molar-refractivity contribution in [1.82, 2.24) is 9.55 Å². The molecule has 0 spiro atoms. The fourth-order valence-corrected chi connectivity index (χ4v) is 5.64. The van der Waals surface area contributed by atoms with E-state index >= 15 is 0 Å². The Morgan fingerprint density at radius 2 is 1.83 bits per heavy atom. The molecular formula is C11H19N2O14P3. The molecule has 1 saturated heterocycles. The lowest BCUT2D eigenvalue weighted by Gasteiger charge is -2.27. The van der Waals surface area contributed by atoms with Crippen LogP contribution in [0.5, 0.6) is 0 Å². The van der Waals surface area contributed by atoms with Crippen LogP contribution in [-0.2, 0) is 31.6 Å². The van der Waals surface area contributed by atoms with Gasteiger partial charge in [-0.25, -0.2) is 18.5 Å². The van der Waals surface area contributed by atoms with Gasteiger partial charge >= 0.3 is 29.2 Å². The van der Waals surface area contributed by atoms with Crippen LogP contribution >= 0.6 is 23.5 Å². The van der Waals surface area contributed by atoms with Crippen molar-refractivity contribution in [1.29, 1.82) is 0 Å². The molecule has 0 saturated carbocycles. The molecule has 0 aromatic carbocycles. The van der Waals surface area contributed by atoms with Gasteiger partial charge in [0.15, 0.2) is 0 Å². The number of aromatic nitrogens is 2. The van der Waals surface area contributed by atoms with Gasteiger partial charge in [0.05, 0.1) is 19.3 Å². The second-order valence-electron chi connectivity index (χ2n) is 6.50. The van der Waals surface area contributed by atoms with Crippen molar-refractivity contribution in [2.24, 2.45) is 5.41 Å². The lowest BCUT2D eigenvalue weighted by atomic mass is 9.84. The molecule has 0 bridgehead atoms. The summed E-state index contributed by atoms with van der Waals surface area (Å²) in [6.45, 7) is 0.177. The molecule has 1 aromatic heterocycles. The van der Waals surface area contributed by atoms with Gasteiger partial charge in [-0.2, -0.15) is 8.62 Å². The van der Waals surface area contributed by atoms with Gasteiger partial charge in [0.25, 0.3) is 5.56 Å². The van der Waals surface area contributed by atoms with Gasteiger partial charge in [0, 0.05) is 24.1 Å². The number of aliphatic hydroxyl groups excluding tert-OH is 1. The van der Waals surface area contributed by atoms with Crippen molar-refractivity contribution in [2.75, 3.05) is 13.2 Å². The Balaban J connectivity index is 2.12. The first-order chi connectivity index (χ1) is 13.6. The van der Waals surface area contributed by atoms with Gasteiger partial charge < -0.3 is 29.4 Å². The molecule has 6 N–H and O–H groups in total. The van der Waals surface area contributed by atoms with E-state index in [1.807, 2.05) is 4.98 Å². The molecule has 1 aromatic rings. The van der Waals surface area contributed by atoms with Crippen LogP contribution in [0.4, 0.5) is 0 Å². The highest BCUT2D eigenvalue weighted by molar-refractivity contribution is 7.66. The maximum Gasteiger partial charge on any atom is 0.490 e. The Morgan fingerprint density at radius 3 is 2.37 bits per heavy atom. The maximum absolute atomic E-state index is 11.9. The monoisotopic (exact) mass is 496 g/mol. The highest BCUT2D eigenvalue weighted by atomic mass is 31.3. The number of aliphatic hydroxyl groups is 1. The standard InChI is InChI=1S/C11H19N2O14P3/c1-11(6-14)4-9(13-3-2-8(15)12-10(13)16)25-7(11)5-24-29(20,21)27-30(22,23)26-28(17,18)19/h2-3,7,9,14H,4-6H2,1H3,(H,20,21)(H,22,23)(H,12,15,16)(H2,17,18,19)/t7-,9-,11-/m1/s1. The molecule has 2 unspecified atom stereocenters. The number of H-pyrrole nitrogens is 1. The summed E-state index contributed by atoms with van der Waals surface area (Å²) in [5.74, 6) is 0. The van der Waals surface area contributed by atoms with Gasteiger partial charge in [-0.3, -0.25) is 18.9 Å². The van der Waals surface area contributed by atoms with E-state index in [1.165, 1.54) is 6.92 Å². The number of ether oxygens (including phenoxy) is 1. The minimum Gasteiger partial charge on any atom is -0.396 e. The summed E-state index contributed by atoms with van der Waals surface area (Å²) in [6.07, 6.45) is -0.981. The summed E-state index contributed by atoms with van der Waals surface area (Å²) in [6, 6.07) is 1.06. The second kappa shape index (κ2) is 8.87. The summed E-state index contributed by atoms with van der Waals surface area (Å²) in [4.78, 5) is 60.8. The van der Waals surface area contributed by atoms with E-state index in [-0.39, 0.29) is 6.42 Å². The number of nitrogens with one attached hydrogen (secondary N) is 1. The molecule has 1 fully saturated rings. The number of nitrogens with zero attached hydrogens (tertiary/aromatic N) is 1. The fourth-order valence-electron chi connectivity index (χ4n) is 2.62. The zero-order chi connectivity index (χ0) is 23.0. The van der Waals surface area contributed by atoms with Crippen LogP contribution in [0.1, 0.15) is 19.6 Å². The predicted molar refractivity (Wildman–Crippen MR) is 94.9 cm³/mol. The zero-order valence-corrected chi connectivity index (χ0v) is 17.8. The Kier molecular flexibility index (Phi) is 7.47. The molecule has 172 valence electrons. The van der Waals surface area contributed by atoms with E-state index in [9.17, 15) is 33.3 Å². The summed E-state index contributed by atoms with van der Waals surface area (Å²) in [5.41, 5.74) is -2.57. The van der Waals surface area contributed by atoms with E-state index in [2.05, 4.69) is 13.1 Å². The minimum atomic E-state index is -5.68. The molecular weight excluding hydrogens is 477 g/mol. The van der Waals surface area contributed by atoms with Crippen LogP contribution in [-0.4, -0.2) is 53.5 Å².